The van der Waals surface area contributed by atoms with Gasteiger partial charge in [-0.15, -0.1) is 0 Å². The van der Waals surface area contributed by atoms with E-state index in [4.69, 9.17) is 5.11 Å². The fraction of sp³-hybridized carbons (Fsp3) is 0.769. The lowest BCUT2D eigenvalue weighted by molar-refractivity contribution is -0.139. The standard InChI is InChI=1S/C13H22N2O4/c1-2-5-10(8-13(18)19)14-11(16)9-15-7-4-3-6-12(15)17/h10H,2-9H2,1H3,(H,14,16)(H,18,19)/t10-/m0/s1. The Kier molecular flexibility index (Phi) is 6.32. The Balaban J connectivity index is 2.42. The first-order chi connectivity index (χ1) is 9.02. The van der Waals surface area contributed by atoms with Crippen LogP contribution >= 0.6 is 0 Å². The fourth-order valence-corrected chi connectivity index (χ4v) is 2.26. The van der Waals surface area contributed by atoms with Crippen molar-refractivity contribution < 1.29 is 19.5 Å². The van der Waals surface area contributed by atoms with E-state index in [9.17, 15) is 14.4 Å². The molecular formula is C13H22N2O4. The zero-order valence-corrected chi connectivity index (χ0v) is 11.4. The smallest absolute Gasteiger partial charge is 0.305 e. The number of amides is 2. The molecular weight excluding hydrogens is 248 g/mol. The maximum absolute atomic E-state index is 11.8. The van der Waals surface area contributed by atoms with E-state index in [0.29, 0.717) is 19.4 Å². The summed E-state index contributed by atoms with van der Waals surface area (Å²) in [5.41, 5.74) is 0. The molecule has 1 aliphatic rings. The molecule has 0 aromatic rings. The average molecular weight is 270 g/mol. The van der Waals surface area contributed by atoms with Gasteiger partial charge in [-0.3, -0.25) is 14.4 Å². The van der Waals surface area contributed by atoms with Crippen LogP contribution in [0.5, 0.6) is 0 Å². The Bertz CT molecular complexity index is 344. The highest BCUT2D eigenvalue weighted by atomic mass is 16.4. The van der Waals surface area contributed by atoms with Crippen LogP contribution in [0.2, 0.25) is 0 Å². The molecule has 2 N–H and O–H groups in total. The van der Waals surface area contributed by atoms with Crippen LogP contribution in [0, 0.1) is 0 Å². The van der Waals surface area contributed by atoms with Crippen LogP contribution in [0.25, 0.3) is 0 Å². The number of hydrogen-bond donors (Lipinski definition) is 2. The van der Waals surface area contributed by atoms with E-state index in [-0.39, 0.29) is 30.8 Å². The van der Waals surface area contributed by atoms with E-state index >= 15 is 0 Å². The molecule has 0 aromatic heterocycles. The van der Waals surface area contributed by atoms with Crippen molar-refractivity contribution in [2.24, 2.45) is 0 Å². The maximum Gasteiger partial charge on any atom is 0.305 e. The Morgan fingerprint density at radius 3 is 2.74 bits per heavy atom. The summed E-state index contributed by atoms with van der Waals surface area (Å²) in [5.74, 6) is -1.19. The van der Waals surface area contributed by atoms with Gasteiger partial charge in [0.1, 0.15) is 0 Å². The number of piperidine rings is 1. The molecule has 108 valence electrons. The third-order valence-corrected chi connectivity index (χ3v) is 3.18. The monoisotopic (exact) mass is 270 g/mol. The molecule has 1 heterocycles. The number of rotatable bonds is 7. The minimum absolute atomic E-state index is 0.00618. The summed E-state index contributed by atoms with van der Waals surface area (Å²) in [6.07, 6.45) is 3.67. The van der Waals surface area contributed by atoms with Crippen LogP contribution in [-0.4, -0.2) is 46.9 Å². The molecule has 0 aliphatic carbocycles. The highest BCUT2D eigenvalue weighted by molar-refractivity contribution is 5.85. The number of nitrogens with one attached hydrogen (secondary N) is 1. The molecule has 0 aromatic carbocycles. The Hall–Kier alpha value is -1.59. The van der Waals surface area contributed by atoms with Crippen LogP contribution in [0.3, 0.4) is 0 Å². The van der Waals surface area contributed by atoms with Gasteiger partial charge < -0.3 is 15.3 Å². The third kappa shape index (κ3) is 5.72. The topological polar surface area (TPSA) is 86.7 Å². The van der Waals surface area contributed by atoms with Gasteiger partial charge in [0.15, 0.2) is 0 Å². The number of aliphatic carboxylic acids is 1. The SMILES string of the molecule is CCC[C@@H](CC(=O)O)NC(=O)CN1CCCCC1=O. The number of carboxylic acid groups (broad SMARTS) is 1. The van der Waals surface area contributed by atoms with Crippen molar-refractivity contribution in [3.63, 3.8) is 0 Å². The minimum atomic E-state index is -0.923. The molecule has 2 amide bonds. The van der Waals surface area contributed by atoms with Gasteiger partial charge in [0.05, 0.1) is 13.0 Å². The molecule has 0 spiro atoms. The minimum Gasteiger partial charge on any atom is -0.481 e. The van der Waals surface area contributed by atoms with Gasteiger partial charge in [0.2, 0.25) is 11.8 Å². The summed E-state index contributed by atoms with van der Waals surface area (Å²) < 4.78 is 0. The predicted molar refractivity (Wildman–Crippen MR) is 69.5 cm³/mol. The molecule has 0 unspecified atom stereocenters. The summed E-state index contributed by atoms with van der Waals surface area (Å²) in [6, 6.07) is -0.352. The van der Waals surface area contributed by atoms with Gasteiger partial charge in [-0.25, -0.2) is 0 Å². The van der Waals surface area contributed by atoms with Gasteiger partial charge in [-0.05, 0) is 19.3 Å². The molecule has 0 saturated carbocycles. The van der Waals surface area contributed by atoms with Crippen molar-refractivity contribution in [2.45, 2.75) is 51.5 Å². The summed E-state index contributed by atoms with van der Waals surface area (Å²) in [5, 5.41) is 11.5. The van der Waals surface area contributed by atoms with Crippen molar-refractivity contribution in [1.29, 1.82) is 0 Å². The highest BCUT2D eigenvalue weighted by Gasteiger charge is 2.22. The number of carbonyl (C=O) groups is 3. The summed E-state index contributed by atoms with van der Waals surface area (Å²) in [7, 11) is 0. The van der Waals surface area contributed by atoms with Crippen LogP contribution < -0.4 is 5.32 Å². The van der Waals surface area contributed by atoms with Gasteiger partial charge in [-0.1, -0.05) is 13.3 Å². The average Bonchev–Trinajstić information content (AvgIpc) is 2.31. The normalized spacial score (nSPS) is 17.1. The molecule has 1 fully saturated rings. The molecule has 1 aliphatic heterocycles. The molecule has 6 nitrogen and oxygen atoms in total. The predicted octanol–water partition coefficient (Wildman–Crippen LogP) is 0.758. The zero-order valence-electron chi connectivity index (χ0n) is 11.4. The van der Waals surface area contributed by atoms with Gasteiger partial charge in [-0.2, -0.15) is 0 Å². The molecule has 1 atom stereocenters. The Labute approximate surface area is 113 Å². The first kappa shape index (κ1) is 15.5. The van der Waals surface area contributed by atoms with Gasteiger partial charge >= 0.3 is 5.97 Å². The maximum atomic E-state index is 11.8. The van der Waals surface area contributed by atoms with Crippen LogP contribution in [0.1, 0.15) is 45.4 Å². The third-order valence-electron chi connectivity index (χ3n) is 3.18. The zero-order chi connectivity index (χ0) is 14.3. The quantitative estimate of drug-likeness (QED) is 0.715. The fourth-order valence-electron chi connectivity index (χ4n) is 2.26. The number of nitrogens with zero attached hydrogens (tertiary/aromatic N) is 1. The van der Waals surface area contributed by atoms with E-state index in [1.165, 1.54) is 0 Å². The first-order valence-electron chi connectivity index (χ1n) is 6.81. The van der Waals surface area contributed by atoms with Gasteiger partial charge in [0, 0.05) is 19.0 Å². The molecule has 19 heavy (non-hydrogen) atoms. The summed E-state index contributed by atoms with van der Waals surface area (Å²) in [4.78, 5) is 35.6. The van der Waals surface area contributed by atoms with E-state index in [1.807, 2.05) is 6.92 Å². The molecule has 0 bridgehead atoms. The van der Waals surface area contributed by atoms with Crippen molar-refractivity contribution in [3.8, 4) is 0 Å². The number of likely N-dealkylation sites (tertiary alicyclic amines) is 1. The van der Waals surface area contributed by atoms with E-state index in [1.54, 1.807) is 4.90 Å². The molecule has 0 radical (unpaired) electrons. The lowest BCUT2D eigenvalue weighted by atomic mass is 10.1. The molecule has 1 rings (SSSR count). The van der Waals surface area contributed by atoms with E-state index in [2.05, 4.69) is 5.32 Å². The van der Waals surface area contributed by atoms with Crippen LogP contribution in [-0.2, 0) is 14.4 Å². The second-order valence-corrected chi connectivity index (χ2v) is 4.92. The second kappa shape index (κ2) is 7.76. The van der Waals surface area contributed by atoms with Crippen LogP contribution in [0.15, 0.2) is 0 Å². The van der Waals surface area contributed by atoms with Gasteiger partial charge in [0.25, 0.3) is 0 Å². The van der Waals surface area contributed by atoms with Crippen molar-refractivity contribution in [1.82, 2.24) is 10.2 Å². The van der Waals surface area contributed by atoms with Crippen molar-refractivity contribution >= 4 is 17.8 Å². The Morgan fingerprint density at radius 2 is 2.16 bits per heavy atom. The number of hydrogen-bond acceptors (Lipinski definition) is 3. The largest absolute Gasteiger partial charge is 0.481 e. The van der Waals surface area contributed by atoms with E-state index in [0.717, 1.165) is 19.3 Å². The highest BCUT2D eigenvalue weighted by Crippen LogP contribution is 2.10. The van der Waals surface area contributed by atoms with Crippen molar-refractivity contribution in [3.05, 3.63) is 0 Å². The van der Waals surface area contributed by atoms with E-state index < -0.39 is 5.97 Å². The van der Waals surface area contributed by atoms with Crippen molar-refractivity contribution in [2.75, 3.05) is 13.1 Å². The molecule has 1 saturated heterocycles. The Morgan fingerprint density at radius 1 is 1.42 bits per heavy atom. The lowest BCUT2D eigenvalue weighted by Gasteiger charge is -2.27. The number of carbonyl (C=O) groups excluding carboxylic acids is 2. The second-order valence-electron chi connectivity index (χ2n) is 4.92. The summed E-state index contributed by atoms with van der Waals surface area (Å²) in [6.45, 7) is 2.59. The van der Waals surface area contributed by atoms with Crippen LogP contribution in [0.4, 0.5) is 0 Å². The number of carboxylic acids is 1. The lowest BCUT2D eigenvalue weighted by Crippen LogP contribution is -2.46. The summed E-state index contributed by atoms with van der Waals surface area (Å²) >= 11 is 0. The first-order valence-corrected chi connectivity index (χ1v) is 6.81. The molecule has 6 heteroatoms.